The van der Waals surface area contributed by atoms with Crippen LogP contribution < -0.4 is 0 Å². The number of hydrogen-bond donors (Lipinski definition) is 1. The third-order valence-electron chi connectivity index (χ3n) is 0.781. The van der Waals surface area contributed by atoms with Crippen LogP contribution in [-0.4, -0.2) is 12.2 Å². The van der Waals surface area contributed by atoms with Gasteiger partial charge in [0.05, 0.1) is 0 Å². The van der Waals surface area contributed by atoms with E-state index >= 15 is 0 Å². The van der Waals surface area contributed by atoms with E-state index in [4.69, 9.17) is 5.11 Å². The molecule has 0 aliphatic heterocycles. The van der Waals surface area contributed by atoms with Crippen LogP contribution in [0, 0.1) is 12.8 Å². The summed E-state index contributed by atoms with van der Waals surface area (Å²) in [7, 11) is 1.00. The SMILES string of the molecule is CO.[CH2-]CCC(C)C.[Y]. The zero-order valence-corrected chi connectivity index (χ0v) is 9.56. The van der Waals surface area contributed by atoms with Crippen molar-refractivity contribution in [3.63, 3.8) is 0 Å². The molecule has 0 fully saturated rings. The molecule has 0 amide bonds. The van der Waals surface area contributed by atoms with Crippen molar-refractivity contribution in [1.82, 2.24) is 0 Å². The fraction of sp³-hybridized carbons (Fsp3) is 0.857. The standard InChI is InChI=1S/C6H13.CH4O.Y/c1-4-5-6(2)3;1-2;/h6H,1,4-5H2,2-3H3;2H,1H3;/q-1;;. The molecule has 0 aromatic carbocycles. The van der Waals surface area contributed by atoms with Gasteiger partial charge >= 0.3 is 0 Å². The molecule has 0 rings (SSSR count). The van der Waals surface area contributed by atoms with Crippen LogP contribution in [0.2, 0.25) is 0 Å². The summed E-state index contributed by atoms with van der Waals surface area (Å²) < 4.78 is 0. The van der Waals surface area contributed by atoms with E-state index in [0.29, 0.717) is 0 Å². The minimum absolute atomic E-state index is 0. The molecule has 2 heteroatoms. The molecule has 1 N–H and O–H groups in total. The largest absolute Gasteiger partial charge is 0.400 e. The van der Waals surface area contributed by atoms with Gasteiger partial charge in [0, 0.05) is 39.8 Å². The van der Waals surface area contributed by atoms with Crippen LogP contribution in [0.4, 0.5) is 0 Å². The van der Waals surface area contributed by atoms with Gasteiger partial charge in [-0.2, -0.15) is 6.42 Å². The van der Waals surface area contributed by atoms with Crippen molar-refractivity contribution in [2.24, 2.45) is 5.92 Å². The third kappa shape index (κ3) is 27.4. The van der Waals surface area contributed by atoms with Gasteiger partial charge in [-0.05, 0) is 5.92 Å². The van der Waals surface area contributed by atoms with Gasteiger partial charge < -0.3 is 12.0 Å². The third-order valence-corrected chi connectivity index (χ3v) is 0.781. The van der Waals surface area contributed by atoms with Gasteiger partial charge in [-0.1, -0.05) is 20.3 Å². The van der Waals surface area contributed by atoms with Crippen molar-refractivity contribution in [2.45, 2.75) is 26.7 Å². The van der Waals surface area contributed by atoms with Crippen LogP contribution in [0.15, 0.2) is 0 Å². The summed E-state index contributed by atoms with van der Waals surface area (Å²) in [4.78, 5) is 0. The van der Waals surface area contributed by atoms with Gasteiger partial charge in [-0.3, -0.25) is 0 Å². The van der Waals surface area contributed by atoms with E-state index in [1.807, 2.05) is 0 Å². The second-order valence-electron chi connectivity index (χ2n) is 2.04. The molecule has 55 valence electrons. The van der Waals surface area contributed by atoms with Crippen molar-refractivity contribution >= 4 is 0 Å². The number of aliphatic hydroxyl groups is 1. The van der Waals surface area contributed by atoms with E-state index < -0.39 is 0 Å². The number of aliphatic hydroxyl groups excluding tert-OH is 1. The van der Waals surface area contributed by atoms with E-state index in [1.54, 1.807) is 0 Å². The molecule has 0 saturated carbocycles. The molecule has 0 saturated heterocycles. The Labute approximate surface area is 84.1 Å². The molecule has 1 nitrogen and oxygen atoms in total. The summed E-state index contributed by atoms with van der Waals surface area (Å²) >= 11 is 0. The van der Waals surface area contributed by atoms with Crippen molar-refractivity contribution in [2.75, 3.05) is 7.11 Å². The summed E-state index contributed by atoms with van der Waals surface area (Å²) in [5.41, 5.74) is 0. The van der Waals surface area contributed by atoms with E-state index in [2.05, 4.69) is 20.8 Å². The summed E-state index contributed by atoms with van der Waals surface area (Å²) in [6, 6.07) is 0. The molecule has 0 atom stereocenters. The molecule has 1 radical (unpaired) electrons. The van der Waals surface area contributed by atoms with Gasteiger partial charge in [0.25, 0.3) is 0 Å². The number of hydrogen-bond acceptors (Lipinski definition) is 1. The van der Waals surface area contributed by atoms with Crippen LogP contribution in [0.3, 0.4) is 0 Å². The number of rotatable bonds is 2. The first-order valence-electron chi connectivity index (χ1n) is 3.01. The molecule has 0 aliphatic rings. The molecule has 0 aromatic rings. The Kier molecular flexibility index (Phi) is 29.5. The fourth-order valence-electron chi connectivity index (χ4n) is 0.408. The maximum absolute atomic E-state index is 7.00. The average molecular weight is 206 g/mol. The van der Waals surface area contributed by atoms with Crippen LogP contribution in [-0.2, 0) is 32.7 Å². The molecular formula is C7H17OY-. The predicted octanol–water partition coefficient (Wildman–Crippen LogP) is 1.86. The molecule has 0 unspecified atom stereocenters. The van der Waals surface area contributed by atoms with Crippen molar-refractivity contribution in [3.05, 3.63) is 6.92 Å². The Morgan fingerprint density at radius 2 is 1.67 bits per heavy atom. The molecule has 9 heavy (non-hydrogen) atoms. The Morgan fingerprint density at radius 3 is 1.67 bits per heavy atom. The van der Waals surface area contributed by atoms with Crippen LogP contribution >= 0.6 is 0 Å². The zero-order valence-electron chi connectivity index (χ0n) is 6.72. The molecule has 0 aromatic heterocycles. The van der Waals surface area contributed by atoms with Crippen molar-refractivity contribution in [3.8, 4) is 0 Å². The van der Waals surface area contributed by atoms with E-state index in [1.165, 1.54) is 6.42 Å². The summed E-state index contributed by atoms with van der Waals surface area (Å²) in [5.74, 6) is 0.836. The second-order valence-corrected chi connectivity index (χ2v) is 2.04. The second kappa shape index (κ2) is 16.0. The van der Waals surface area contributed by atoms with Crippen molar-refractivity contribution in [1.29, 1.82) is 0 Å². The van der Waals surface area contributed by atoms with Gasteiger partial charge in [-0.15, -0.1) is 0 Å². The Hall–Kier alpha value is 1.06. The fourth-order valence-corrected chi connectivity index (χ4v) is 0.408. The van der Waals surface area contributed by atoms with E-state index in [-0.39, 0.29) is 32.7 Å². The Morgan fingerprint density at radius 1 is 1.33 bits per heavy atom. The van der Waals surface area contributed by atoms with Crippen LogP contribution in [0.1, 0.15) is 26.7 Å². The van der Waals surface area contributed by atoms with Crippen LogP contribution in [0.5, 0.6) is 0 Å². The van der Waals surface area contributed by atoms with Crippen LogP contribution in [0.25, 0.3) is 0 Å². The monoisotopic (exact) mass is 206 g/mol. The first-order chi connectivity index (χ1) is 3.77. The predicted molar refractivity (Wildman–Crippen MR) is 37.6 cm³/mol. The summed E-state index contributed by atoms with van der Waals surface area (Å²) in [6.07, 6.45) is 2.34. The van der Waals surface area contributed by atoms with Gasteiger partial charge in [0.2, 0.25) is 0 Å². The normalized spacial score (nSPS) is 7.33. The van der Waals surface area contributed by atoms with E-state index in [9.17, 15) is 0 Å². The minimum atomic E-state index is 0. The topological polar surface area (TPSA) is 20.2 Å². The first kappa shape index (κ1) is 16.6. The Bertz CT molecular complexity index is 30.1. The van der Waals surface area contributed by atoms with Gasteiger partial charge in [0.1, 0.15) is 0 Å². The molecule has 0 spiro atoms. The van der Waals surface area contributed by atoms with Crippen molar-refractivity contribution < 1.29 is 37.8 Å². The average Bonchev–Trinajstić information content (AvgIpc) is 1.72. The molecule has 0 aliphatic carbocycles. The molecule has 0 bridgehead atoms. The smallest absolute Gasteiger partial charge is 0.0319 e. The quantitative estimate of drug-likeness (QED) is 0.683. The molecular weight excluding hydrogens is 189 g/mol. The zero-order chi connectivity index (χ0) is 6.99. The summed E-state index contributed by atoms with van der Waals surface area (Å²) in [6.45, 7) is 8.15. The van der Waals surface area contributed by atoms with E-state index in [0.717, 1.165) is 19.4 Å². The maximum Gasteiger partial charge on any atom is 0.0319 e. The minimum Gasteiger partial charge on any atom is -0.400 e. The molecule has 0 heterocycles. The summed E-state index contributed by atoms with van der Waals surface area (Å²) in [5, 5.41) is 7.00. The maximum atomic E-state index is 7.00. The van der Waals surface area contributed by atoms with Gasteiger partial charge in [-0.25, -0.2) is 0 Å². The first-order valence-corrected chi connectivity index (χ1v) is 3.01. The van der Waals surface area contributed by atoms with Gasteiger partial charge in [0.15, 0.2) is 0 Å². The Balaban J connectivity index is -0.000000109.